The third-order valence-corrected chi connectivity index (χ3v) is 8.72. The van der Waals surface area contributed by atoms with Crippen molar-refractivity contribution in [2.45, 2.75) is 24.5 Å². The van der Waals surface area contributed by atoms with Crippen LogP contribution in [-0.2, 0) is 0 Å². The number of fused-ring (bicyclic) bond motifs is 1. The molecule has 0 fully saturated rings. The van der Waals surface area contributed by atoms with E-state index < -0.39 is 8.07 Å². The third kappa shape index (κ3) is 4.32. The fraction of sp³-hybridized carbons (Fsp3) is 0.143. The molecule has 0 aromatic heterocycles. The zero-order chi connectivity index (χ0) is 17.2. The van der Waals surface area contributed by atoms with Crippen molar-refractivity contribution in [3.05, 3.63) is 81.8 Å². The van der Waals surface area contributed by atoms with Crippen LogP contribution in [0.4, 0.5) is 0 Å². The Bertz CT molecular complexity index is 876. The number of hydrogen-bond acceptors (Lipinski definition) is 1. The molecular formula is C21H21ClSSi. The first-order valence-corrected chi connectivity index (χ1v) is 12.8. The van der Waals surface area contributed by atoms with E-state index in [0.29, 0.717) is 0 Å². The molecule has 0 N–H and O–H groups in total. The summed E-state index contributed by atoms with van der Waals surface area (Å²) in [7, 11) is -1.44. The fourth-order valence-electron chi connectivity index (χ4n) is 2.48. The lowest BCUT2D eigenvalue weighted by molar-refractivity contribution is 1.47. The normalized spacial score (nSPS) is 12.6. The van der Waals surface area contributed by atoms with Gasteiger partial charge in [-0.15, -0.1) is 0 Å². The second-order valence-corrected chi connectivity index (χ2v) is 13.9. The largest absolute Gasteiger partial charge is 0.0991 e. The highest BCUT2D eigenvalue weighted by Crippen LogP contribution is 2.35. The van der Waals surface area contributed by atoms with Crippen LogP contribution in [-0.4, -0.2) is 8.07 Å². The van der Waals surface area contributed by atoms with Gasteiger partial charge in [0, 0.05) is 9.92 Å². The molecule has 0 nitrogen and oxygen atoms in total. The molecule has 3 rings (SSSR count). The molecule has 24 heavy (non-hydrogen) atoms. The van der Waals surface area contributed by atoms with Crippen LogP contribution in [0.15, 0.2) is 76.2 Å². The number of halogens is 1. The van der Waals surface area contributed by atoms with Crippen LogP contribution in [0.25, 0.3) is 16.8 Å². The highest BCUT2D eigenvalue weighted by atomic mass is 35.5. The zero-order valence-corrected chi connectivity index (χ0v) is 16.8. The quantitative estimate of drug-likeness (QED) is 0.339. The smallest absolute Gasteiger partial charge is 0.0862 e. The van der Waals surface area contributed by atoms with Gasteiger partial charge in [0.15, 0.2) is 0 Å². The second kappa shape index (κ2) is 7.18. The third-order valence-electron chi connectivity index (χ3n) is 3.85. The molecule has 0 heterocycles. The molecule has 0 saturated heterocycles. The van der Waals surface area contributed by atoms with Crippen molar-refractivity contribution < 1.29 is 0 Å². The molecule has 0 radical (unpaired) electrons. The van der Waals surface area contributed by atoms with E-state index in [9.17, 15) is 0 Å². The fourth-order valence-corrected chi connectivity index (χ4v) is 5.50. The summed E-state index contributed by atoms with van der Waals surface area (Å²) in [6, 6.07) is 23.3. The first-order chi connectivity index (χ1) is 11.4. The molecule has 0 saturated carbocycles. The van der Waals surface area contributed by atoms with E-state index in [1.807, 2.05) is 23.9 Å². The van der Waals surface area contributed by atoms with Crippen LogP contribution in [0.1, 0.15) is 5.56 Å². The van der Waals surface area contributed by atoms with Crippen molar-refractivity contribution in [1.82, 2.24) is 0 Å². The predicted octanol–water partition coefficient (Wildman–Crippen LogP) is 7.50. The maximum absolute atomic E-state index is 6.01. The summed E-state index contributed by atoms with van der Waals surface area (Å²) in [6.45, 7) is 7.17. The van der Waals surface area contributed by atoms with Gasteiger partial charge in [-0.1, -0.05) is 79.4 Å². The van der Waals surface area contributed by atoms with E-state index >= 15 is 0 Å². The number of rotatable bonds is 4. The van der Waals surface area contributed by atoms with Crippen LogP contribution >= 0.6 is 23.4 Å². The molecule has 0 bridgehead atoms. The number of thioether (sulfide) groups is 1. The highest BCUT2D eigenvalue weighted by molar-refractivity contribution is 8.05. The van der Waals surface area contributed by atoms with Crippen molar-refractivity contribution >= 4 is 48.3 Å². The second-order valence-electron chi connectivity index (χ2n) is 6.92. The van der Waals surface area contributed by atoms with Crippen LogP contribution in [0, 0.1) is 0 Å². The summed E-state index contributed by atoms with van der Waals surface area (Å²) < 4.78 is 1.47. The maximum Gasteiger partial charge on any atom is 0.0862 e. The van der Waals surface area contributed by atoms with E-state index in [1.165, 1.54) is 25.8 Å². The average molecular weight is 369 g/mol. The Morgan fingerprint density at radius 2 is 1.54 bits per heavy atom. The minimum Gasteiger partial charge on any atom is -0.0991 e. The van der Waals surface area contributed by atoms with Crippen LogP contribution in [0.2, 0.25) is 24.7 Å². The lowest BCUT2D eigenvalue weighted by Crippen LogP contribution is -2.21. The molecule has 3 aromatic rings. The highest BCUT2D eigenvalue weighted by Gasteiger charge is 2.21. The van der Waals surface area contributed by atoms with Gasteiger partial charge in [-0.25, -0.2) is 0 Å². The Morgan fingerprint density at radius 3 is 2.21 bits per heavy atom. The van der Waals surface area contributed by atoms with Gasteiger partial charge < -0.3 is 0 Å². The van der Waals surface area contributed by atoms with Gasteiger partial charge in [0.2, 0.25) is 0 Å². The molecule has 0 spiro atoms. The van der Waals surface area contributed by atoms with Gasteiger partial charge in [-0.2, -0.15) is 0 Å². The first kappa shape index (κ1) is 17.3. The van der Waals surface area contributed by atoms with Gasteiger partial charge >= 0.3 is 0 Å². The summed E-state index contributed by atoms with van der Waals surface area (Å²) in [5, 5.41) is 3.36. The maximum atomic E-state index is 6.01. The summed E-state index contributed by atoms with van der Waals surface area (Å²) >= 11 is 7.88. The minimum absolute atomic E-state index is 0.785. The van der Waals surface area contributed by atoms with E-state index in [-0.39, 0.29) is 0 Å². The average Bonchev–Trinajstić information content (AvgIpc) is 2.55. The molecule has 0 atom stereocenters. The van der Waals surface area contributed by atoms with Crippen molar-refractivity contribution in [2.75, 3.05) is 0 Å². The Kier molecular flexibility index (Phi) is 5.19. The monoisotopic (exact) mass is 368 g/mol. The topological polar surface area (TPSA) is 0 Å². The van der Waals surface area contributed by atoms with Gasteiger partial charge in [-0.05, 0) is 57.3 Å². The molecule has 0 unspecified atom stereocenters. The lowest BCUT2D eigenvalue weighted by atomic mass is 10.1. The number of benzene rings is 3. The number of hydrogen-bond donors (Lipinski definition) is 0. The molecule has 0 aliphatic carbocycles. The zero-order valence-electron chi connectivity index (χ0n) is 14.2. The van der Waals surface area contributed by atoms with E-state index in [1.54, 1.807) is 0 Å². The van der Waals surface area contributed by atoms with Gasteiger partial charge in [-0.3, -0.25) is 0 Å². The minimum atomic E-state index is -1.44. The molecular weight excluding hydrogens is 348 g/mol. The Hall–Kier alpha value is -1.48. The van der Waals surface area contributed by atoms with Gasteiger partial charge in [0.1, 0.15) is 0 Å². The van der Waals surface area contributed by atoms with E-state index in [0.717, 1.165) is 5.02 Å². The molecule has 122 valence electrons. The summed E-state index contributed by atoms with van der Waals surface area (Å²) in [5.41, 5.74) is 1.27. The van der Waals surface area contributed by atoms with Crippen molar-refractivity contribution in [3.63, 3.8) is 0 Å². The van der Waals surface area contributed by atoms with Gasteiger partial charge in [0.25, 0.3) is 0 Å². The Balaban J connectivity index is 1.97. The van der Waals surface area contributed by atoms with Crippen LogP contribution in [0.5, 0.6) is 0 Å². The summed E-state index contributed by atoms with van der Waals surface area (Å²) in [4.78, 5) is 1.24. The Morgan fingerprint density at radius 1 is 0.875 bits per heavy atom. The van der Waals surface area contributed by atoms with Crippen molar-refractivity contribution in [1.29, 1.82) is 0 Å². The van der Waals surface area contributed by atoms with Crippen molar-refractivity contribution in [3.8, 4) is 0 Å². The van der Waals surface area contributed by atoms with Crippen LogP contribution in [0.3, 0.4) is 0 Å². The summed E-state index contributed by atoms with van der Waals surface area (Å²) in [6.07, 6.45) is 2.36. The van der Waals surface area contributed by atoms with E-state index in [4.69, 9.17) is 11.6 Å². The summed E-state index contributed by atoms with van der Waals surface area (Å²) in [5.74, 6) is 0. The first-order valence-electron chi connectivity index (χ1n) is 8.06. The van der Waals surface area contributed by atoms with Crippen LogP contribution < -0.4 is 0 Å². The molecule has 0 aliphatic rings. The molecule has 0 aliphatic heterocycles. The lowest BCUT2D eigenvalue weighted by Gasteiger charge is -2.21. The Labute approximate surface area is 154 Å². The van der Waals surface area contributed by atoms with E-state index in [2.05, 4.69) is 80.3 Å². The molecule has 3 heteroatoms. The molecule has 3 aromatic carbocycles. The predicted molar refractivity (Wildman–Crippen MR) is 113 cm³/mol. The standard InChI is InChI=1S/C21H21ClSSi/c1-24(2,3)21(23-20-12-10-19(22)11-13-20)15-16-8-9-17-6-4-5-7-18(17)14-16/h4-15H,1-3H3/b21-15+. The van der Waals surface area contributed by atoms with Gasteiger partial charge in [0.05, 0.1) is 8.07 Å². The SMILES string of the molecule is C[Si](C)(C)/C(=C/c1ccc2ccccc2c1)Sc1ccc(Cl)cc1. The van der Waals surface area contributed by atoms with Crippen molar-refractivity contribution in [2.24, 2.45) is 0 Å². The molecule has 0 amide bonds.